The molecule has 17 heavy (non-hydrogen) atoms. The molecule has 0 aliphatic heterocycles. The number of carbonyl (C=O) groups excluding carboxylic acids is 2. The molecule has 4 nitrogen and oxygen atoms in total. The molecule has 0 aliphatic rings. The molecule has 0 aliphatic carbocycles. The van der Waals surface area contributed by atoms with Crippen molar-refractivity contribution in [3.63, 3.8) is 0 Å². The van der Waals surface area contributed by atoms with Crippen LogP contribution in [0.1, 0.15) is 24.2 Å². The first-order chi connectivity index (χ1) is 7.99. The molecule has 0 heterocycles. The van der Waals surface area contributed by atoms with E-state index in [1.807, 2.05) is 0 Å². The topological polar surface area (TPSA) is 52.6 Å². The number of methoxy groups -OCH3 is 1. The molecule has 0 fully saturated rings. The number of rotatable bonds is 5. The maximum atomic E-state index is 11.4. The van der Waals surface area contributed by atoms with E-state index in [4.69, 9.17) is 4.74 Å². The van der Waals surface area contributed by atoms with Crippen molar-refractivity contribution in [3.8, 4) is 5.75 Å². The fraction of sp³-hybridized carbons (Fsp3) is 0.385. The minimum Gasteiger partial charge on any atom is -0.492 e. The van der Waals surface area contributed by atoms with Gasteiger partial charge < -0.3 is 9.47 Å². The minimum atomic E-state index is -0.716. The lowest BCUT2D eigenvalue weighted by atomic mass is 9.95. The lowest BCUT2D eigenvalue weighted by Crippen LogP contribution is -2.32. The van der Waals surface area contributed by atoms with Crippen LogP contribution in [0.25, 0.3) is 0 Å². The molecule has 0 saturated heterocycles. The third-order valence-corrected chi connectivity index (χ3v) is 2.33. The molecule has 0 bridgehead atoms. The van der Waals surface area contributed by atoms with Gasteiger partial charge in [-0.25, -0.2) is 0 Å². The summed E-state index contributed by atoms with van der Waals surface area (Å²) in [5.41, 5.74) is -0.176. The summed E-state index contributed by atoms with van der Waals surface area (Å²) in [7, 11) is 1.34. The maximum absolute atomic E-state index is 11.4. The number of esters is 1. The van der Waals surface area contributed by atoms with Crippen LogP contribution in [0, 0.1) is 5.41 Å². The van der Waals surface area contributed by atoms with Crippen LogP contribution in [-0.2, 0) is 9.53 Å². The molecule has 0 radical (unpaired) electrons. The van der Waals surface area contributed by atoms with Crippen LogP contribution in [0.3, 0.4) is 0 Å². The van der Waals surface area contributed by atoms with Crippen LogP contribution in [0.2, 0.25) is 0 Å². The van der Waals surface area contributed by atoms with E-state index in [9.17, 15) is 9.59 Å². The van der Waals surface area contributed by atoms with Crippen LogP contribution in [0.4, 0.5) is 0 Å². The molecule has 0 N–H and O–H groups in total. The monoisotopic (exact) mass is 236 g/mol. The van der Waals surface area contributed by atoms with Crippen LogP contribution in [0.15, 0.2) is 24.3 Å². The predicted molar refractivity (Wildman–Crippen MR) is 63.1 cm³/mol. The number of hydrogen-bond donors (Lipinski definition) is 0. The first-order valence-corrected chi connectivity index (χ1v) is 5.26. The molecular formula is C13H16O4. The SMILES string of the molecule is COC(=O)C(C)(C)COc1cccc(C=O)c1. The van der Waals surface area contributed by atoms with Gasteiger partial charge in [0.2, 0.25) is 0 Å². The lowest BCUT2D eigenvalue weighted by molar-refractivity contribution is -0.152. The van der Waals surface area contributed by atoms with E-state index >= 15 is 0 Å². The van der Waals surface area contributed by atoms with E-state index in [1.54, 1.807) is 38.1 Å². The van der Waals surface area contributed by atoms with Gasteiger partial charge in [-0.2, -0.15) is 0 Å². The second-order valence-corrected chi connectivity index (χ2v) is 4.35. The molecule has 4 heteroatoms. The summed E-state index contributed by atoms with van der Waals surface area (Å²) >= 11 is 0. The molecule has 92 valence electrons. The Balaban J connectivity index is 2.66. The van der Waals surface area contributed by atoms with Crippen LogP contribution >= 0.6 is 0 Å². The molecule has 0 saturated carbocycles. The van der Waals surface area contributed by atoms with Gasteiger partial charge in [0.25, 0.3) is 0 Å². The van der Waals surface area contributed by atoms with Gasteiger partial charge in [-0.3, -0.25) is 9.59 Å². The van der Waals surface area contributed by atoms with E-state index in [0.717, 1.165) is 6.29 Å². The number of ether oxygens (including phenoxy) is 2. The van der Waals surface area contributed by atoms with Crippen LogP contribution in [-0.4, -0.2) is 26.0 Å². The number of aldehydes is 1. The second kappa shape index (κ2) is 5.48. The van der Waals surface area contributed by atoms with Gasteiger partial charge in [0, 0.05) is 5.56 Å². The summed E-state index contributed by atoms with van der Waals surface area (Å²) in [5.74, 6) is 0.232. The fourth-order valence-corrected chi connectivity index (χ4v) is 1.28. The second-order valence-electron chi connectivity index (χ2n) is 4.35. The Morgan fingerprint density at radius 2 is 2.12 bits per heavy atom. The van der Waals surface area contributed by atoms with Gasteiger partial charge in [0.1, 0.15) is 18.6 Å². The highest BCUT2D eigenvalue weighted by atomic mass is 16.5. The van der Waals surface area contributed by atoms with Crippen LogP contribution < -0.4 is 4.74 Å². The first-order valence-electron chi connectivity index (χ1n) is 5.26. The van der Waals surface area contributed by atoms with Gasteiger partial charge in [-0.15, -0.1) is 0 Å². The Labute approximate surface area is 101 Å². The Bertz CT molecular complexity index is 410. The zero-order valence-electron chi connectivity index (χ0n) is 10.2. The molecular weight excluding hydrogens is 220 g/mol. The highest BCUT2D eigenvalue weighted by Gasteiger charge is 2.29. The number of carbonyl (C=O) groups is 2. The largest absolute Gasteiger partial charge is 0.492 e. The zero-order chi connectivity index (χ0) is 12.9. The van der Waals surface area contributed by atoms with Gasteiger partial charge in [-0.05, 0) is 26.0 Å². The highest BCUT2D eigenvalue weighted by Crippen LogP contribution is 2.20. The Morgan fingerprint density at radius 1 is 1.41 bits per heavy atom. The Morgan fingerprint density at radius 3 is 2.71 bits per heavy atom. The number of hydrogen-bond acceptors (Lipinski definition) is 4. The number of benzene rings is 1. The van der Waals surface area contributed by atoms with Crippen molar-refractivity contribution >= 4 is 12.3 Å². The summed E-state index contributed by atoms with van der Waals surface area (Å²) in [6, 6.07) is 6.77. The van der Waals surface area contributed by atoms with E-state index < -0.39 is 5.41 Å². The molecule has 1 aromatic carbocycles. The van der Waals surface area contributed by atoms with E-state index in [-0.39, 0.29) is 12.6 Å². The molecule has 1 aromatic rings. The third-order valence-electron chi connectivity index (χ3n) is 2.33. The summed E-state index contributed by atoms with van der Waals surface area (Å²) < 4.78 is 10.1. The third kappa shape index (κ3) is 3.59. The van der Waals surface area contributed by atoms with Gasteiger partial charge in [-0.1, -0.05) is 12.1 Å². The van der Waals surface area contributed by atoms with Crippen molar-refractivity contribution < 1.29 is 19.1 Å². The molecule has 0 aromatic heterocycles. The summed E-state index contributed by atoms with van der Waals surface area (Å²) in [4.78, 5) is 22.0. The quantitative estimate of drug-likeness (QED) is 0.580. The van der Waals surface area contributed by atoms with Gasteiger partial charge in [0.15, 0.2) is 0 Å². The minimum absolute atomic E-state index is 0.196. The van der Waals surface area contributed by atoms with E-state index in [0.29, 0.717) is 11.3 Å². The first kappa shape index (κ1) is 13.2. The van der Waals surface area contributed by atoms with Crippen molar-refractivity contribution in [2.45, 2.75) is 13.8 Å². The summed E-state index contributed by atoms with van der Waals surface area (Å²) in [6.07, 6.45) is 0.748. The lowest BCUT2D eigenvalue weighted by Gasteiger charge is -2.21. The Hall–Kier alpha value is -1.84. The van der Waals surface area contributed by atoms with Crippen molar-refractivity contribution in [1.82, 2.24) is 0 Å². The average molecular weight is 236 g/mol. The molecule has 0 unspecified atom stereocenters. The van der Waals surface area contributed by atoms with Gasteiger partial charge >= 0.3 is 5.97 Å². The smallest absolute Gasteiger partial charge is 0.314 e. The van der Waals surface area contributed by atoms with Crippen molar-refractivity contribution in [1.29, 1.82) is 0 Å². The summed E-state index contributed by atoms with van der Waals surface area (Å²) in [6.45, 7) is 3.67. The molecule has 0 spiro atoms. The highest BCUT2D eigenvalue weighted by molar-refractivity contribution is 5.76. The average Bonchev–Trinajstić information content (AvgIpc) is 2.35. The standard InChI is InChI=1S/C13H16O4/c1-13(2,12(15)16-3)9-17-11-6-4-5-10(7-11)8-14/h4-8H,9H2,1-3H3. The van der Waals surface area contributed by atoms with Crippen LogP contribution in [0.5, 0.6) is 5.75 Å². The zero-order valence-corrected chi connectivity index (χ0v) is 10.2. The molecule has 0 amide bonds. The summed E-state index contributed by atoms with van der Waals surface area (Å²) in [5, 5.41) is 0. The van der Waals surface area contributed by atoms with Crippen molar-refractivity contribution in [3.05, 3.63) is 29.8 Å². The van der Waals surface area contributed by atoms with Crippen molar-refractivity contribution in [2.75, 3.05) is 13.7 Å². The maximum Gasteiger partial charge on any atom is 0.314 e. The van der Waals surface area contributed by atoms with Gasteiger partial charge in [0.05, 0.1) is 12.5 Å². The predicted octanol–water partition coefficient (Wildman–Crippen LogP) is 2.08. The fourth-order valence-electron chi connectivity index (χ4n) is 1.28. The van der Waals surface area contributed by atoms with E-state index in [2.05, 4.69) is 4.74 Å². The normalized spacial score (nSPS) is 10.8. The Kier molecular flexibility index (Phi) is 4.26. The van der Waals surface area contributed by atoms with E-state index in [1.165, 1.54) is 7.11 Å². The molecule has 0 atom stereocenters. The molecule has 1 rings (SSSR count). The van der Waals surface area contributed by atoms with Crippen molar-refractivity contribution in [2.24, 2.45) is 5.41 Å².